The van der Waals surface area contributed by atoms with Gasteiger partial charge in [0.05, 0.1) is 10.6 Å². The first-order valence-electron chi connectivity index (χ1n) is 4.98. The van der Waals surface area contributed by atoms with Gasteiger partial charge in [-0.05, 0) is 30.3 Å². The van der Waals surface area contributed by atoms with E-state index in [2.05, 4.69) is 0 Å². The van der Waals surface area contributed by atoms with Gasteiger partial charge in [-0.3, -0.25) is 4.79 Å². The Morgan fingerprint density at radius 2 is 1.89 bits per heavy atom. The lowest BCUT2D eigenvalue weighted by Gasteiger charge is -2.08. The molecular formula is C13H7Cl2FO2. The number of benzene rings is 2. The number of aldehydes is 1. The summed E-state index contributed by atoms with van der Waals surface area (Å²) in [5, 5.41) is 0.431. The van der Waals surface area contributed by atoms with Gasteiger partial charge >= 0.3 is 0 Å². The molecule has 0 aliphatic rings. The summed E-state index contributed by atoms with van der Waals surface area (Å²) in [5.74, 6) is -0.0331. The van der Waals surface area contributed by atoms with E-state index in [1.165, 1.54) is 18.2 Å². The van der Waals surface area contributed by atoms with E-state index in [1.54, 1.807) is 12.1 Å². The van der Waals surface area contributed by atoms with Gasteiger partial charge in [0.25, 0.3) is 0 Å². The zero-order valence-corrected chi connectivity index (χ0v) is 10.5. The highest BCUT2D eigenvalue weighted by Crippen LogP contribution is 2.28. The average molecular weight is 285 g/mol. The van der Waals surface area contributed by atoms with Crippen LogP contribution in [0.2, 0.25) is 10.0 Å². The van der Waals surface area contributed by atoms with Crippen molar-refractivity contribution < 1.29 is 13.9 Å². The van der Waals surface area contributed by atoms with Crippen LogP contribution < -0.4 is 4.74 Å². The minimum Gasteiger partial charge on any atom is -0.457 e. The van der Waals surface area contributed by atoms with Crippen LogP contribution in [-0.4, -0.2) is 6.29 Å². The van der Waals surface area contributed by atoms with E-state index in [1.807, 2.05) is 0 Å². The molecule has 0 saturated carbocycles. The molecule has 0 fully saturated rings. The van der Waals surface area contributed by atoms with Crippen LogP contribution in [0, 0.1) is 5.82 Å². The Balaban J connectivity index is 2.33. The Hall–Kier alpha value is -1.58. The maximum Gasteiger partial charge on any atom is 0.153 e. The van der Waals surface area contributed by atoms with Gasteiger partial charge in [0.2, 0.25) is 0 Å². The molecule has 0 heterocycles. The van der Waals surface area contributed by atoms with E-state index in [-0.39, 0.29) is 16.3 Å². The highest BCUT2D eigenvalue weighted by atomic mass is 35.5. The second-order valence-electron chi connectivity index (χ2n) is 3.48. The summed E-state index contributed by atoms with van der Waals surface area (Å²) >= 11 is 11.3. The molecule has 0 saturated heterocycles. The van der Waals surface area contributed by atoms with Crippen molar-refractivity contribution in [2.45, 2.75) is 0 Å². The first-order chi connectivity index (χ1) is 8.60. The number of halogens is 3. The topological polar surface area (TPSA) is 26.3 Å². The van der Waals surface area contributed by atoms with Crippen molar-refractivity contribution in [2.24, 2.45) is 0 Å². The lowest BCUT2D eigenvalue weighted by Crippen LogP contribution is -1.91. The van der Waals surface area contributed by atoms with E-state index < -0.39 is 5.82 Å². The molecule has 0 aromatic heterocycles. The third-order valence-electron chi connectivity index (χ3n) is 2.22. The second kappa shape index (κ2) is 5.38. The van der Waals surface area contributed by atoms with Crippen molar-refractivity contribution >= 4 is 29.5 Å². The van der Waals surface area contributed by atoms with Gasteiger partial charge in [-0.15, -0.1) is 0 Å². The first-order valence-corrected chi connectivity index (χ1v) is 5.73. The van der Waals surface area contributed by atoms with Gasteiger partial charge in [0.15, 0.2) is 6.29 Å². The number of rotatable bonds is 3. The molecule has 0 bridgehead atoms. The summed E-state index contributed by atoms with van der Waals surface area (Å²) in [6.07, 6.45) is 0.619. The van der Waals surface area contributed by atoms with Crippen LogP contribution in [0.1, 0.15) is 10.4 Å². The summed E-state index contributed by atoms with van der Waals surface area (Å²) in [4.78, 5) is 10.9. The van der Waals surface area contributed by atoms with Crippen molar-refractivity contribution in [3.05, 3.63) is 57.8 Å². The van der Waals surface area contributed by atoms with Crippen molar-refractivity contribution in [1.82, 2.24) is 0 Å². The standard InChI is InChI=1S/C13H7Cl2FO2/c14-9-1-4-13(8(5-9)7-17)18-10-2-3-11(15)12(16)6-10/h1-7H. The predicted octanol–water partition coefficient (Wildman–Crippen LogP) is 4.74. The Morgan fingerprint density at radius 3 is 2.56 bits per heavy atom. The SMILES string of the molecule is O=Cc1cc(Cl)ccc1Oc1ccc(Cl)c(F)c1. The molecule has 0 aliphatic heterocycles. The Kier molecular flexibility index (Phi) is 3.84. The minimum absolute atomic E-state index is 0.00840. The number of carbonyl (C=O) groups excluding carboxylic acids is 1. The van der Waals surface area contributed by atoms with Crippen LogP contribution in [0.3, 0.4) is 0 Å². The second-order valence-corrected chi connectivity index (χ2v) is 4.32. The largest absolute Gasteiger partial charge is 0.457 e. The smallest absolute Gasteiger partial charge is 0.153 e. The molecule has 92 valence electrons. The summed E-state index contributed by atoms with van der Waals surface area (Å²) in [6.45, 7) is 0. The summed E-state index contributed by atoms with van der Waals surface area (Å²) in [5.41, 5.74) is 0.290. The fraction of sp³-hybridized carbons (Fsp3) is 0. The van der Waals surface area contributed by atoms with Gasteiger partial charge in [0, 0.05) is 11.1 Å². The highest BCUT2D eigenvalue weighted by molar-refractivity contribution is 6.31. The van der Waals surface area contributed by atoms with E-state index >= 15 is 0 Å². The average Bonchev–Trinajstić information content (AvgIpc) is 2.36. The lowest BCUT2D eigenvalue weighted by atomic mass is 10.2. The Morgan fingerprint density at radius 1 is 1.11 bits per heavy atom. The molecule has 0 unspecified atom stereocenters. The quantitative estimate of drug-likeness (QED) is 0.761. The molecular weight excluding hydrogens is 278 g/mol. The Labute approximate surface area is 113 Å². The van der Waals surface area contributed by atoms with Gasteiger partial charge in [-0.25, -0.2) is 4.39 Å². The fourth-order valence-electron chi connectivity index (χ4n) is 1.37. The zero-order chi connectivity index (χ0) is 13.1. The van der Waals surface area contributed by atoms with Crippen molar-refractivity contribution in [3.63, 3.8) is 0 Å². The summed E-state index contributed by atoms with van der Waals surface area (Å²) in [6, 6.07) is 8.62. The molecule has 0 amide bonds. The van der Waals surface area contributed by atoms with Gasteiger partial charge in [0.1, 0.15) is 17.3 Å². The fourth-order valence-corrected chi connectivity index (χ4v) is 1.67. The van der Waals surface area contributed by atoms with E-state index in [4.69, 9.17) is 27.9 Å². The third-order valence-corrected chi connectivity index (χ3v) is 2.76. The number of carbonyl (C=O) groups is 1. The molecule has 0 aliphatic carbocycles. The van der Waals surface area contributed by atoms with E-state index in [9.17, 15) is 9.18 Å². The van der Waals surface area contributed by atoms with Crippen LogP contribution in [0.15, 0.2) is 36.4 Å². The molecule has 18 heavy (non-hydrogen) atoms. The molecule has 0 N–H and O–H groups in total. The maximum absolute atomic E-state index is 13.2. The first kappa shape index (κ1) is 12.9. The van der Waals surface area contributed by atoms with Crippen molar-refractivity contribution in [1.29, 1.82) is 0 Å². The van der Waals surface area contributed by atoms with Crippen molar-refractivity contribution in [2.75, 3.05) is 0 Å². The van der Waals surface area contributed by atoms with Gasteiger partial charge in [-0.1, -0.05) is 23.2 Å². The minimum atomic E-state index is -0.587. The van der Waals surface area contributed by atoms with Crippen LogP contribution in [0.5, 0.6) is 11.5 Å². The lowest BCUT2D eigenvalue weighted by molar-refractivity contribution is 0.112. The van der Waals surface area contributed by atoms with E-state index in [0.717, 1.165) is 6.07 Å². The van der Waals surface area contributed by atoms with Gasteiger partial charge in [-0.2, -0.15) is 0 Å². The van der Waals surface area contributed by atoms with Crippen LogP contribution in [0.25, 0.3) is 0 Å². The molecule has 5 heteroatoms. The zero-order valence-electron chi connectivity index (χ0n) is 8.99. The molecule has 2 rings (SSSR count). The van der Waals surface area contributed by atoms with Crippen LogP contribution in [0.4, 0.5) is 4.39 Å². The Bertz CT molecular complexity index is 600. The number of ether oxygens (including phenoxy) is 1. The molecule has 0 atom stereocenters. The van der Waals surface area contributed by atoms with Crippen molar-refractivity contribution in [3.8, 4) is 11.5 Å². The maximum atomic E-state index is 13.2. The van der Waals surface area contributed by atoms with Gasteiger partial charge < -0.3 is 4.74 Å². The molecule has 2 nitrogen and oxygen atoms in total. The number of hydrogen-bond acceptors (Lipinski definition) is 2. The summed E-state index contributed by atoms with van der Waals surface area (Å²) in [7, 11) is 0. The monoisotopic (exact) mass is 284 g/mol. The van der Waals surface area contributed by atoms with Crippen LogP contribution in [-0.2, 0) is 0 Å². The molecule has 0 radical (unpaired) electrons. The summed E-state index contributed by atoms with van der Waals surface area (Å²) < 4.78 is 18.6. The molecule has 0 spiro atoms. The molecule has 2 aromatic rings. The molecule has 2 aromatic carbocycles. The highest BCUT2D eigenvalue weighted by Gasteiger charge is 2.07. The van der Waals surface area contributed by atoms with E-state index in [0.29, 0.717) is 17.1 Å². The number of hydrogen-bond donors (Lipinski definition) is 0. The van der Waals surface area contributed by atoms with Crippen LogP contribution >= 0.6 is 23.2 Å². The third kappa shape index (κ3) is 2.81. The normalized spacial score (nSPS) is 10.2. The predicted molar refractivity (Wildman–Crippen MR) is 68.3 cm³/mol.